The Morgan fingerprint density at radius 2 is 1.93 bits per heavy atom. The van der Waals surface area contributed by atoms with E-state index in [4.69, 9.17) is 17.3 Å². The van der Waals surface area contributed by atoms with Crippen LogP contribution in [0, 0.1) is 0 Å². The second kappa shape index (κ2) is 2.91. The number of H-pyrrole nitrogens is 1. The van der Waals surface area contributed by atoms with Crippen molar-refractivity contribution in [2.75, 3.05) is 5.73 Å². The molecule has 0 bridgehead atoms. The van der Waals surface area contributed by atoms with E-state index in [0.29, 0.717) is 0 Å². The molecule has 0 amide bonds. The molecule has 0 fully saturated rings. The van der Waals surface area contributed by atoms with Crippen LogP contribution in [0.1, 0.15) is 0 Å². The second-order valence-electron chi connectivity index (χ2n) is 3.59. The van der Waals surface area contributed by atoms with Gasteiger partial charge in [-0.05, 0) is 24.3 Å². The lowest BCUT2D eigenvalue weighted by molar-refractivity contribution is 1.55. The van der Waals surface area contributed by atoms with Crippen LogP contribution in [0.25, 0.3) is 21.8 Å². The predicted molar refractivity (Wildman–Crippen MR) is 65.2 cm³/mol. The molecule has 0 aliphatic heterocycles. The monoisotopic (exact) mass is 216 g/mol. The Bertz CT molecular complexity index is 655. The Labute approximate surface area is 91.6 Å². The highest BCUT2D eigenvalue weighted by molar-refractivity contribution is 6.38. The van der Waals surface area contributed by atoms with Crippen molar-refractivity contribution in [1.82, 2.24) is 4.98 Å². The molecule has 1 aromatic heterocycles. The Balaban J connectivity index is 2.59. The number of fused-ring (bicyclic) bond motifs is 3. The van der Waals surface area contributed by atoms with E-state index in [-0.39, 0.29) is 0 Å². The molecule has 0 saturated carbocycles. The Kier molecular flexibility index (Phi) is 1.67. The number of hydrogen-bond acceptors (Lipinski definition) is 1. The zero-order valence-electron chi connectivity index (χ0n) is 7.92. The van der Waals surface area contributed by atoms with Crippen molar-refractivity contribution < 1.29 is 0 Å². The van der Waals surface area contributed by atoms with E-state index >= 15 is 0 Å². The number of nitrogens with one attached hydrogen (secondary N) is 1. The first-order chi connectivity index (χ1) is 7.25. The number of aromatic nitrogens is 1. The van der Waals surface area contributed by atoms with Crippen LogP contribution in [-0.4, -0.2) is 4.98 Å². The van der Waals surface area contributed by atoms with Crippen LogP contribution >= 0.6 is 11.6 Å². The molecular formula is C12H9ClN2. The minimum absolute atomic E-state index is 0.755. The molecule has 0 aliphatic carbocycles. The summed E-state index contributed by atoms with van der Waals surface area (Å²) in [5.74, 6) is 0. The van der Waals surface area contributed by atoms with Crippen LogP contribution in [-0.2, 0) is 0 Å². The topological polar surface area (TPSA) is 41.8 Å². The maximum absolute atomic E-state index is 6.17. The van der Waals surface area contributed by atoms with E-state index in [1.54, 1.807) is 0 Å². The van der Waals surface area contributed by atoms with Gasteiger partial charge in [-0.15, -0.1) is 0 Å². The number of halogens is 1. The molecule has 0 spiro atoms. The maximum atomic E-state index is 6.17. The van der Waals surface area contributed by atoms with Crippen LogP contribution < -0.4 is 5.73 Å². The normalized spacial score (nSPS) is 11.3. The highest BCUT2D eigenvalue weighted by atomic mass is 35.5. The van der Waals surface area contributed by atoms with Gasteiger partial charge in [-0.1, -0.05) is 23.7 Å². The smallest absolute Gasteiger partial charge is 0.0506 e. The van der Waals surface area contributed by atoms with Gasteiger partial charge in [0.05, 0.1) is 5.02 Å². The first-order valence-corrected chi connectivity index (χ1v) is 5.09. The molecule has 0 atom stereocenters. The Morgan fingerprint density at radius 3 is 2.80 bits per heavy atom. The molecule has 2 aromatic carbocycles. The van der Waals surface area contributed by atoms with Gasteiger partial charge in [0.15, 0.2) is 0 Å². The Morgan fingerprint density at radius 1 is 1.07 bits per heavy atom. The minimum Gasteiger partial charge on any atom is -0.399 e. The summed E-state index contributed by atoms with van der Waals surface area (Å²) in [6.07, 6.45) is 0. The molecular weight excluding hydrogens is 208 g/mol. The molecule has 3 rings (SSSR count). The van der Waals surface area contributed by atoms with Crippen molar-refractivity contribution in [3.05, 3.63) is 41.4 Å². The number of hydrogen-bond donors (Lipinski definition) is 2. The van der Waals surface area contributed by atoms with Gasteiger partial charge in [0.2, 0.25) is 0 Å². The molecule has 2 nitrogen and oxygen atoms in total. The highest BCUT2D eigenvalue weighted by Gasteiger charge is 2.06. The quantitative estimate of drug-likeness (QED) is 0.555. The standard InChI is InChI=1S/C12H9ClN2/c13-9-2-1-3-10-12(9)8-5-4-7(14)6-11(8)15-10/h1-6,15H,14H2. The lowest BCUT2D eigenvalue weighted by Crippen LogP contribution is -1.82. The first-order valence-electron chi connectivity index (χ1n) is 4.71. The van der Waals surface area contributed by atoms with Crippen LogP contribution in [0.2, 0.25) is 5.02 Å². The van der Waals surface area contributed by atoms with Crippen molar-refractivity contribution in [2.24, 2.45) is 0 Å². The average Bonchev–Trinajstić information content (AvgIpc) is 2.56. The van der Waals surface area contributed by atoms with E-state index in [9.17, 15) is 0 Å². The van der Waals surface area contributed by atoms with Crippen molar-refractivity contribution in [3.63, 3.8) is 0 Å². The van der Waals surface area contributed by atoms with E-state index in [1.165, 1.54) is 0 Å². The van der Waals surface area contributed by atoms with Gasteiger partial charge in [0.25, 0.3) is 0 Å². The third-order valence-electron chi connectivity index (χ3n) is 2.60. The average molecular weight is 217 g/mol. The highest BCUT2D eigenvalue weighted by Crippen LogP contribution is 2.31. The van der Waals surface area contributed by atoms with Crippen LogP contribution in [0.4, 0.5) is 5.69 Å². The molecule has 15 heavy (non-hydrogen) atoms. The molecule has 3 heteroatoms. The van der Waals surface area contributed by atoms with E-state index in [2.05, 4.69) is 4.98 Å². The predicted octanol–water partition coefficient (Wildman–Crippen LogP) is 3.56. The number of rotatable bonds is 0. The fourth-order valence-corrected chi connectivity index (χ4v) is 2.21. The number of nitrogen functional groups attached to an aromatic ring is 1. The summed E-state index contributed by atoms with van der Waals surface area (Å²) in [5, 5.41) is 2.95. The molecule has 0 aliphatic rings. The summed E-state index contributed by atoms with van der Waals surface area (Å²) in [5.41, 5.74) is 8.56. The molecule has 0 saturated heterocycles. The van der Waals surface area contributed by atoms with Crippen molar-refractivity contribution >= 4 is 39.1 Å². The number of aromatic amines is 1. The molecule has 3 N–H and O–H groups in total. The largest absolute Gasteiger partial charge is 0.399 e. The van der Waals surface area contributed by atoms with Gasteiger partial charge in [0, 0.05) is 27.5 Å². The van der Waals surface area contributed by atoms with E-state index < -0.39 is 0 Å². The number of nitrogens with two attached hydrogens (primary N) is 1. The molecule has 1 heterocycles. The lowest BCUT2D eigenvalue weighted by atomic mass is 10.1. The minimum atomic E-state index is 0.755. The van der Waals surface area contributed by atoms with Gasteiger partial charge in [-0.2, -0.15) is 0 Å². The van der Waals surface area contributed by atoms with Crippen LogP contribution in [0.15, 0.2) is 36.4 Å². The fourth-order valence-electron chi connectivity index (χ4n) is 1.93. The van der Waals surface area contributed by atoms with Crippen LogP contribution in [0.3, 0.4) is 0 Å². The summed E-state index contributed by atoms with van der Waals surface area (Å²) in [4.78, 5) is 3.30. The van der Waals surface area contributed by atoms with E-state index in [1.807, 2.05) is 36.4 Å². The first kappa shape index (κ1) is 8.62. The van der Waals surface area contributed by atoms with Crippen molar-refractivity contribution in [1.29, 1.82) is 0 Å². The summed E-state index contributed by atoms with van der Waals surface area (Å²) in [6.45, 7) is 0. The molecule has 3 aromatic rings. The molecule has 0 radical (unpaired) electrons. The van der Waals surface area contributed by atoms with Gasteiger partial charge in [-0.25, -0.2) is 0 Å². The summed E-state index contributed by atoms with van der Waals surface area (Å²) < 4.78 is 0. The summed E-state index contributed by atoms with van der Waals surface area (Å²) >= 11 is 6.17. The zero-order chi connectivity index (χ0) is 10.4. The van der Waals surface area contributed by atoms with Crippen molar-refractivity contribution in [3.8, 4) is 0 Å². The Hall–Kier alpha value is -1.67. The van der Waals surface area contributed by atoms with Crippen molar-refractivity contribution in [2.45, 2.75) is 0 Å². The summed E-state index contributed by atoms with van der Waals surface area (Å²) in [7, 11) is 0. The third-order valence-corrected chi connectivity index (χ3v) is 2.91. The lowest BCUT2D eigenvalue weighted by Gasteiger charge is -1.94. The van der Waals surface area contributed by atoms with Gasteiger partial charge in [-0.3, -0.25) is 0 Å². The zero-order valence-corrected chi connectivity index (χ0v) is 8.68. The van der Waals surface area contributed by atoms with Crippen LogP contribution in [0.5, 0.6) is 0 Å². The van der Waals surface area contributed by atoms with E-state index in [0.717, 1.165) is 32.5 Å². The third kappa shape index (κ3) is 1.18. The maximum Gasteiger partial charge on any atom is 0.0506 e. The summed E-state index contributed by atoms with van der Waals surface area (Å²) in [6, 6.07) is 11.6. The number of benzene rings is 2. The fraction of sp³-hybridized carbons (Fsp3) is 0. The van der Waals surface area contributed by atoms with Gasteiger partial charge in [0.1, 0.15) is 0 Å². The van der Waals surface area contributed by atoms with Gasteiger partial charge < -0.3 is 10.7 Å². The van der Waals surface area contributed by atoms with Gasteiger partial charge >= 0.3 is 0 Å². The second-order valence-corrected chi connectivity index (χ2v) is 4.00. The number of anilines is 1. The molecule has 0 unspecified atom stereocenters. The SMILES string of the molecule is Nc1ccc2c(c1)[nH]c1cccc(Cl)c12. The molecule has 74 valence electrons.